The van der Waals surface area contributed by atoms with Crippen molar-refractivity contribution in [1.29, 1.82) is 0 Å². The van der Waals surface area contributed by atoms with Crippen molar-refractivity contribution < 1.29 is 9.59 Å². The number of rotatable bonds is 3. The van der Waals surface area contributed by atoms with Crippen molar-refractivity contribution in [2.75, 3.05) is 10.7 Å². The van der Waals surface area contributed by atoms with Crippen LogP contribution in [0.3, 0.4) is 0 Å². The first-order chi connectivity index (χ1) is 8.19. The number of hydrogen-bond acceptors (Lipinski definition) is 7. The lowest BCUT2D eigenvalue weighted by atomic mass is 10.1. The number of carbonyl (C=O) groups excluding carboxylic acids is 2. The Kier molecular flexibility index (Phi) is 3.15. The number of imide groups is 1. The number of carbonyl (C=O) groups is 2. The molecule has 1 fully saturated rings. The summed E-state index contributed by atoms with van der Waals surface area (Å²) < 4.78 is 0. The average molecular weight is 236 g/mol. The van der Waals surface area contributed by atoms with Gasteiger partial charge in [-0.2, -0.15) is 0 Å². The predicted octanol–water partition coefficient (Wildman–Crippen LogP) is -1.02. The van der Waals surface area contributed by atoms with Crippen LogP contribution in [0.5, 0.6) is 0 Å². The van der Waals surface area contributed by atoms with Gasteiger partial charge in [0, 0.05) is 6.42 Å². The van der Waals surface area contributed by atoms with E-state index in [9.17, 15) is 9.59 Å². The largest absolute Gasteiger partial charge is 0.357 e. The van der Waals surface area contributed by atoms with Crippen molar-refractivity contribution >= 4 is 23.5 Å². The van der Waals surface area contributed by atoms with Crippen LogP contribution in [0, 0.1) is 0 Å². The number of anilines is 2. The molecule has 1 saturated heterocycles. The normalized spacial score (nSPS) is 19.7. The Hall–Kier alpha value is -2.22. The number of hydrazine groups is 1. The Balaban J connectivity index is 2.05. The van der Waals surface area contributed by atoms with Crippen LogP contribution in [-0.2, 0) is 9.59 Å². The molecular weight excluding hydrogens is 224 g/mol. The molecule has 8 nitrogen and oxygen atoms in total. The van der Waals surface area contributed by atoms with Crippen molar-refractivity contribution in [3.05, 3.63) is 12.4 Å². The van der Waals surface area contributed by atoms with E-state index < -0.39 is 6.04 Å². The molecule has 17 heavy (non-hydrogen) atoms. The fourth-order valence-corrected chi connectivity index (χ4v) is 1.51. The minimum absolute atomic E-state index is 0.253. The van der Waals surface area contributed by atoms with Crippen molar-refractivity contribution in [3.63, 3.8) is 0 Å². The van der Waals surface area contributed by atoms with E-state index in [1.807, 2.05) is 0 Å². The second kappa shape index (κ2) is 4.74. The maximum Gasteiger partial charge on any atom is 0.249 e. The Bertz CT molecular complexity index is 449. The van der Waals surface area contributed by atoms with Gasteiger partial charge in [-0.15, -0.1) is 0 Å². The number of nitrogens with one attached hydrogen (secondary N) is 3. The summed E-state index contributed by atoms with van der Waals surface area (Å²) in [6.45, 7) is 0. The Morgan fingerprint density at radius 2 is 2.12 bits per heavy atom. The second-order valence-corrected chi connectivity index (χ2v) is 3.58. The fourth-order valence-electron chi connectivity index (χ4n) is 1.51. The van der Waals surface area contributed by atoms with Crippen molar-refractivity contribution in [3.8, 4) is 0 Å². The predicted molar refractivity (Wildman–Crippen MR) is 59.6 cm³/mol. The zero-order valence-corrected chi connectivity index (χ0v) is 8.93. The third-order valence-electron chi connectivity index (χ3n) is 2.34. The van der Waals surface area contributed by atoms with Gasteiger partial charge >= 0.3 is 0 Å². The van der Waals surface area contributed by atoms with E-state index in [4.69, 9.17) is 5.84 Å². The molecule has 90 valence electrons. The van der Waals surface area contributed by atoms with Gasteiger partial charge < -0.3 is 10.7 Å². The third kappa shape index (κ3) is 2.67. The molecule has 1 atom stereocenters. The Labute approximate surface area is 97.0 Å². The first kappa shape index (κ1) is 11.3. The summed E-state index contributed by atoms with van der Waals surface area (Å²) in [5.41, 5.74) is 2.35. The van der Waals surface area contributed by atoms with Crippen LogP contribution in [0.15, 0.2) is 12.4 Å². The van der Waals surface area contributed by atoms with E-state index in [1.165, 1.54) is 12.4 Å². The summed E-state index contributed by atoms with van der Waals surface area (Å²) in [5, 5.41) is 5.14. The number of aromatic nitrogens is 2. The third-order valence-corrected chi connectivity index (χ3v) is 2.34. The molecule has 0 aliphatic carbocycles. The summed E-state index contributed by atoms with van der Waals surface area (Å²) >= 11 is 0. The first-order valence-electron chi connectivity index (χ1n) is 5.08. The lowest BCUT2D eigenvalue weighted by molar-refractivity contribution is -0.133. The van der Waals surface area contributed by atoms with Crippen LogP contribution in [0.25, 0.3) is 0 Å². The molecule has 0 radical (unpaired) electrons. The Morgan fingerprint density at radius 3 is 2.82 bits per heavy atom. The summed E-state index contributed by atoms with van der Waals surface area (Å²) in [7, 11) is 0. The monoisotopic (exact) mass is 236 g/mol. The maximum absolute atomic E-state index is 11.5. The summed E-state index contributed by atoms with van der Waals surface area (Å²) in [6, 6.07) is -0.477. The van der Waals surface area contributed by atoms with E-state index in [2.05, 4.69) is 26.0 Å². The highest BCUT2D eigenvalue weighted by Crippen LogP contribution is 2.12. The number of nitrogens with zero attached hydrogens (tertiary/aromatic N) is 2. The first-order valence-corrected chi connectivity index (χ1v) is 5.08. The molecule has 0 spiro atoms. The number of amides is 2. The van der Waals surface area contributed by atoms with E-state index in [1.54, 1.807) is 0 Å². The highest BCUT2D eigenvalue weighted by atomic mass is 16.2. The topological polar surface area (TPSA) is 122 Å². The number of piperidine rings is 1. The van der Waals surface area contributed by atoms with Gasteiger partial charge in [0.15, 0.2) is 5.82 Å². The van der Waals surface area contributed by atoms with Gasteiger partial charge in [-0.25, -0.2) is 10.8 Å². The molecule has 0 aromatic carbocycles. The van der Waals surface area contributed by atoms with Gasteiger partial charge in [0.05, 0.1) is 12.4 Å². The van der Waals surface area contributed by atoms with Crippen LogP contribution < -0.4 is 21.9 Å². The molecule has 2 rings (SSSR count). The molecule has 2 heterocycles. The summed E-state index contributed by atoms with van der Waals surface area (Å²) in [6.07, 6.45) is 3.68. The van der Waals surface area contributed by atoms with Gasteiger partial charge in [-0.05, 0) is 6.42 Å². The molecule has 1 unspecified atom stereocenters. The molecule has 1 aromatic rings. The van der Waals surface area contributed by atoms with Crippen LogP contribution >= 0.6 is 0 Å². The van der Waals surface area contributed by atoms with Gasteiger partial charge in [-0.1, -0.05) is 0 Å². The standard InChI is InChI=1S/C9H12N6O2/c10-15-7-4-11-3-6(13-7)12-5-1-2-8(16)14-9(5)17/h3-5H,1-2,10H2,(H2,12,13,15)(H,14,16,17). The van der Waals surface area contributed by atoms with Gasteiger partial charge in [0.25, 0.3) is 0 Å². The van der Waals surface area contributed by atoms with Crippen LogP contribution in [0.4, 0.5) is 11.6 Å². The summed E-state index contributed by atoms with van der Waals surface area (Å²) in [5.74, 6) is 5.40. The molecule has 8 heteroatoms. The number of hydrogen-bond donors (Lipinski definition) is 4. The van der Waals surface area contributed by atoms with Crippen molar-refractivity contribution in [1.82, 2.24) is 15.3 Å². The minimum Gasteiger partial charge on any atom is -0.357 e. The molecule has 1 aliphatic rings. The smallest absolute Gasteiger partial charge is 0.249 e. The molecule has 0 saturated carbocycles. The quantitative estimate of drug-likeness (QED) is 0.301. The van der Waals surface area contributed by atoms with E-state index >= 15 is 0 Å². The van der Waals surface area contributed by atoms with Gasteiger partial charge in [0.2, 0.25) is 11.8 Å². The highest BCUT2D eigenvalue weighted by molar-refractivity contribution is 6.01. The lowest BCUT2D eigenvalue weighted by Gasteiger charge is -2.22. The average Bonchev–Trinajstić information content (AvgIpc) is 2.33. The second-order valence-electron chi connectivity index (χ2n) is 3.58. The maximum atomic E-state index is 11.5. The molecule has 5 N–H and O–H groups in total. The Morgan fingerprint density at radius 1 is 1.35 bits per heavy atom. The minimum atomic E-state index is -0.477. The molecular formula is C9H12N6O2. The van der Waals surface area contributed by atoms with E-state index in [0.717, 1.165) is 0 Å². The number of nitrogen functional groups attached to an aromatic ring is 1. The van der Waals surface area contributed by atoms with Gasteiger partial charge in [0.1, 0.15) is 11.9 Å². The fraction of sp³-hybridized carbons (Fsp3) is 0.333. The van der Waals surface area contributed by atoms with E-state index in [0.29, 0.717) is 24.5 Å². The zero-order valence-electron chi connectivity index (χ0n) is 8.93. The van der Waals surface area contributed by atoms with Crippen LogP contribution in [0.1, 0.15) is 12.8 Å². The van der Waals surface area contributed by atoms with Crippen LogP contribution in [-0.4, -0.2) is 27.8 Å². The molecule has 2 amide bonds. The molecule has 0 bridgehead atoms. The van der Waals surface area contributed by atoms with Crippen molar-refractivity contribution in [2.24, 2.45) is 5.84 Å². The molecule has 1 aromatic heterocycles. The SMILES string of the molecule is NNc1cncc(NC2CCC(=O)NC2=O)n1. The van der Waals surface area contributed by atoms with E-state index in [-0.39, 0.29) is 11.8 Å². The van der Waals surface area contributed by atoms with Gasteiger partial charge in [-0.3, -0.25) is 19.9 Å². The van der Waals surface area contributed by atoms with Crippen molar-refractivity contribution in [2.45, 2.75) is 18.9 Å². The van der Waals surface area contributed by atoms with Crippen LogP contribution in [0.2, 0.25) is 0 Å². The lowest BCUT2D eigenvalue weighted by Crippen LogP contribution is -2.47. The zero-order chi connectivity index (χ0) is 12.3. The molecule has 1 aliphatic heterocycles. The highest BCUT2D eigenvalue weighted by Gasteiger charge is 2.26. The summed E-state index contributed by atoms with van der Waals surface area (Å²) in [4.78, 5) is 30.4. The number of nitrogens with two attached hydrogens (primary N) is 1.